The molecule has 1 atom stereocenters. The Hall–Kier alpha value is -2.97. The third-order valence-corrected chi connectivity index (χ3v) is 6.33. The molecule has 2 N–H and O–H groups in total. The van der Waals surface area contributed by atoms with E-state index in [2.05, 4.69) is 5.32 Å². The summed E-state index contributed by atoms with van der Waals surface area (Å²) < 4.78 is 42.6. The van der Waals surface area contributed by atoms with Gasteiger partial charge in [0.1, 0.15) is 0 Å². The van der Waals surface area contributed by atoms with Gasteiger partial charge in [0.25, 0.3) is 11.8 Å². The van der Waals surface area contributed by atoms with Gasteiger partial charge in [-0.25, -0.2) is 9.59 Å². The number of amides is 4. The summed E-state index contributed by atoms with van der Waals surface area (Å²) in [6, 6.07) is -1.52. The molecule has 1 aliphatic heterocycles. The SMILES string of the molecule is COCCOCCOCCOCCOCCOCCOCCOCCC(=O)NCC(C(=O)ON1C(=O)CCC1=O)N(C(=O)O)C(C)(C)C. The molecule has 0 spiro atoms. The molecule has 0 aromatic rings. The van der Waals surface area contributed by atoms with E-state index in [1.54, 1.807) is 27.9 Å². The van der Waals surface area contributed by atoms with Gasteiger partial charge < -0.3 is 53.2 Å². The fourth-order valence-corrected chi connectivity index (χ4v) is 4.00. The smallest absolute Gasteiger partial charge is 0.408 e. The Labute approximate surface area is 281 Å². The van der Waals surface area contributed by atoms with Gasteiger partial charge in [-0.1, -0.05) is 0 Å². The number of hydroxylamine groups is 2. The maximum absolute atomic E-state index is 12.9. The molecule has 1 heterocycles. The highest BCUT2D eigenvalue weighted by Gasteiger charge is 2.42. The van der Waals surface area contributed by atoms with E-state index in [-0.39, 0.29) is 39.1 Å². The van der Waals surface area contributed by atoms with Gasteiger partial charge in [-0.15, -0.1) is 5.06 Å². The van der Waals surface area contributed by atoms with Gasteiger partial charge in [0.2, 0.25) is 5.91 Å². The summed E-state index contributed by atoms with van der Waals surface area (Å²) in [6.45, 7) is 10.3. The van der Waals surface area contributed by atoms with Gasteiger partial charge in [0.05, 0.1) is 99.1 Å². The Morgan fingerprint density at radius 3 is 1.44 bits per heavy atom. The highest BCUT2D eigenvalue weighted by molar-refractivity contribution is 6.02. The monoisotopic (exact) mass is 695 g/mol. The Kier molecular flexibility index (Phi) is 23.3. The summed E-state index contributed by atoms with van der Waals surface area (Å²) in [4.78, 5) is 66.7. The number of carbonyl (C=O) groups excluding carboxylic acids is 4. The lowest BCUT2D eigenvalue weighted by Crippen LogP contribution is -2.59. The van der Waals surface area contributed by atoms with Crippen molar-refractivity contribution < 1.29 is 71.8 Å². The predicted molar refractivity (Wildman–Crippen MR) is 166 cm³/mol. The molecule has 1 unspecified atom stereocenters. The molecule has 1 saturated heterocycles. The average Bonchev–Trinajstić information content (AvgIpc) is 3.34. The first-order valence-electron chi connectivity index (χ1n) is 15.9. The first kappa shape index (κ1) is 43.1. The van der Waals surface area contributed by atoms with Crippen LogP contribution < -0.4 is 5.32 Å². The molecule has 0 aromatic heterocycles. The lowest BCUT2D eigenvalue weighted by atomic mass is 10.0. The number of hydrogen-bond donors (Lipinski definition) is 2. The molecule has 1 rings (SSSR count). The van der Waals surface area contributed by atoms with Crippen molar-refractivity contribution in [1.82, 2.24) is 15.3 Å². The van der Waals surface area contributed by atoms with Crippen LogP contribution in [0.25, 0.3) is 0 Å². The van der Waals surface area contributed by atoms with Crippen molar-refractivity contribution in [1.29, 1.82) is 0 Å². The van der Waals surface area contributed by atoms with Crippen LogP contribution in [0.5, 0.6) is 0 Å². The molecule has 48 heavy (non-hydrogen) atoms. The van der Waals surface area contributed by atoms with Crippen LogP contribution in [0.2, 0.25) is 0 Å². The fraction of sp³-hybridized carbons (Fsp3) is 0.833. The third kappa shape index (κ3) is 19.8. The second kappa shape index (κ2) is 26.0. The predicted octanol–water partition coefficient (Wildman–Crippen LogP) is 0.00960. The van der Waals surface area contributed by atoms with Gasteiger partial charge in [-0.2, -0.15) is 0 Å². The van der Waals surface area contributed by atoms with Crippen molar-refractivity contribution in [3.05, 3.63) is 0 Å². The first-order valence-corrected chi connectivity index (χ1v) is 15.9. The van der Waals surface area contributed by atoms with Crippen LogP contribution in [0.3, 0.4) is 0 Å². The van der Waals surface area contributed by atoms with Crippen LogP contribution in [-0.4, -0.2) is 169 Å². The fourth-order valence-electron chi connectivity index (χ4n) is 4.00. The van der Waals surface area contributed by atoms with Crippen molar-refractivity contribution in [3.63, 3.8) is 0 Å². The molecule has 0 aromatic carbocycles. The minimum Gasteiger partial charge on any atom is -0.465 e. The van der Waals surface area contributed by atoms with Crippen molar-refractivity contribution in [2.45, 2.75) is 51.6 Å². The zero-order valence-electron chi connectivity index (χ0n) is 28.6. The van der Waals surface area contributed by atoms with E-state index in [1.165, 1.54) is 0 Å². The van der Waals surface area contributed by atoms with E-state index >= 15 is 0 Å². The first-order chi connectivity index (χ1) is 23.0. The van der Waals surface area contributed by atoms with E-state index in [1.807, 2.05) is 0 Å². The maximum atomic E-state index is 12.9. The zero-order chi connectivity index (χ0) is 35.6. The second-order valence-electron chi connectivity index (χ2n) is 11.2. The van der Waals surface area contributed by atoms with Crippen LogP contribution in [0, 0.1) is 0 Å². The van der Waals surface area contributed by atoms with Gasteiger partial charge >= 0.3 is 12.1 Å². The summed E-state index contributed by atoms with van der Waals surface area (Å²) in [5, 5.41) is 12.6. The lowest BCUT2D eigenvalue weighted by molar-refractivity contribution is -0.201. The van der Waals surface area contributed by atoms with Gasteiger partial charge in [0.15, 0.2) is 6.04 Å². The Balaban J connectivity index is 2.09. The van der Waals surface area contributed by atoms with Crippen LogP contribution in [0.15, 0.2) is 0 Å². The highest BCUT2D eigenvalue weighted by atomic mass is 16.7. The molecule has 0 bridgehead atoms. The zero-order valence-corrected chi connectivity index (χ0v) is 28.6. The quantitative estimate of drug-likeness (QED) is 0.0781. The topological polar surface area (TPSA) is 207 Å². The lowest BCUT2D eigenvalue weighted by Gasteiger charge is -2.38. The van der Waals surface area contributed by atoms with Crippen LogP contribution in [-0.2, 0) is 61.9 Å². The molecular weight excluding hydrogens is 642 g/mol. The Morgan fingerprint density at radius 2 is 1.08 bits per heavy atom. The summed E-state index contributed by atoms with van der Waals surface area (Å²) >= 11 is 0. The van der Waals surface area contributed by atoms with E-state index in [0.29, 0.717) is 84.3 Å². The average molecular weight is 696 g/mol. The number of rotatable bonds is 29. The van der Waals surface area contributed by atoms with Gasteiger partial charge in [-0.3, -0.25) is 19.3 Å². The number of ether oxygens (including phenoxy) is 8. The minimum absolute atomic E-state index is 0.0534. The maximum Gasteiger partial charge on any atom is 0.408 e. The second-order valence-corrected chi connectivity index (χ2v) is 11.2. The summed E-state index contributed by atoms with van der Waals surface area (Å²) in [6.07, 6.45) is -1.75. The molecule has 0 saturated carbocycles. The molecule has 18 nitrogen and oxygen atoms in total. The van der Waals surface area contributed by atoms with E-state index < -0.39 is 47.9 Å². The van der Waals surface area contributed by atoms with Crippen molar-refractivity contribution in [2.24, 2.45) is 0 Å². The standard InChI is InChI=1S/C30H53N3O15/c1-30(2,3)32(29(38)39)24(28(37)48-33-26(35)5-6-27(33)36)23-31-25(34)7-8-41-11-12-43-15-16-45-19-20-47-22-21-46-18-17-44-14-13-42-10-9-40-4/h24H,5-23H2,1-4H3,(H,31,34)(H,38,39). The van der Waals surface area contributed by atoms with Crippen LogP contribution in [0.1, 0.15) is 40.0 Å². The molecule has 1 fully saturated rings. The summed E-state index contributed by atoms with van der Waals surface area (Å²) in [5.74, 6) is -3.09. The van der Waals surface area contributed by atoms with E-state index in [9.17, 15) is 29.1 Å². The van der Waals surface area contributed by atoms with E-state index in [0.717, 1.165) is 4.90 Å². The van der Waals surface area contributed by atoms with Crippen molar-refractivity contribution >= 4 is 29.8 Å². The summed E-state index contributed by atoms with van der Waals surface area (Å²) in [5.41, 5.74) is -1.08. The number of hydrogen-bond acceptors (Lipinski definition) is 14. The normalized spacial score (nSPS) is 14.0. The molecule has 278 valence electrons. The number of nitrogens with zero attached hydrogens (tertiary/aromatic N) is 2. The number of carboxylic acid groups (broad SMARTS) is 1. The van der Waals surface area contributed by atoms with Crippen molar-refractivity contribution in [3.8, 4) is 0 Å². The molecule has 18 heteroatoms. The Bertz CT molecular complexity index is 931. The van der Waals surface area contributed by atoms with E-state index in [4.69, 9.17) is 42.7 Å². The number of methoxy groups -OCH3 is 1. The third-order valence-electron chi connectivity index (χ3n) is 6.33. The molecule has 1 aliphatic rings. The van der Waals surface area contributed by atoms with Crippen molar-refractivity contribution in [2.75, 3.05) is 113 Å². The minimum atomic E-state index is -1.52. The van der Waals surface area contributed by atoms with Crippen LogP contribution in [0.4, 0.5) is 4.79 Å². The number of nitrogens with one attached hydrogen (secondary N) is 1. The molecule has 4 amide bonds. The molecule has 0 aliphatic carbocycles. The Morgan fingerprint density at radius 1 is 0.708 bits per heavy atom. The molecule has 0 radical (unpaired) electrons. The summed E-state index contributed by atoms with van der Waals surface area (Å²) in [7, 11) is 1.62. The van der Waals surface area contributed by atoms with Crippen LogP contribution >= 0.6 is 0 Å². The number of imide groups is 1. The largest absolute Gasteiger partial charge is 0.465 e. The van der Waals surface area contributed by atoms with Gasteiger partial charge in [0, 0.05) is 38.5 Å². The molecular formula is C30H53N3O15. The number of carbonyl (C=O) groups is 5. The van der Waals surface area contributed by atoms with Gasteiger partial charge in [-0.05, 0) is 20.8 Å². The highest BCUT2D eigenvalue weighted by Crippen LogP contribution is 2.20.